The summed E-state index contributed by atoms with van der Waals surface area (Å²) in [6, 6.07) is 7.59. The highest BCUT2D eigenvalue weighted by Gasteiger charge is 2.31. The van der Waals surface area contributed by atoms with Gasteiger partial charge in [0.15, 0.2) is 11.9 Å². The first-order valence-corrected chi connectivity index (χ1v) is 8.25. The fourth-order valence-corrected chi connectivity index (χ4v) is 2.73. The van der Waals surface area contributed by atoms with Crippen molar-refractivity contribution in [1.29, 1.82) is 0 Å². The second kappa shape index (κ2) is 5.92. The maximum atomic E-state index is 12.4. The van der Waals surface area contributed by atoms with Crippen LogP contribution in [0.3, 0.4) is 0 Å². The van der Waals surface area contributed by atoms with E-state index in [9.17, 15) is 4.79 Å². The van der Waals surface area contributed by atoms with E-state index in [0.717, 1.165) is 11.3 Å². The molecule has 0 fully saturated rings. The molecule has 0 radical (unpaired) electrons. The zero-order chi connectivity index (χ0) is 15.7. The van der Waals surface area contributed by atoms with Crippen LogP contribution < -0.4 is 9.64 Å². The Hall–Kier alpha value is -2.15. The van der Waals surface area contributed by atoms with Crippen LogP contribution in [0.5, 0.6) is 5.88 Å². The summed E-state index contributed by atoms with van der Waals surface area (Å²) in [6.45, 7) is 3.67. The number of aromatic nitrogens is 3. The standard InChI is InChI=1S/C15H16N4O2S/c1-4-12(20)19-9(2)21-14-13(17-18-15(16-14)22-3)10-7-5-6-8-11(10)19/h5-9H,4H2,1-3H3. The Morgan fingerprint density at radius 2 is 2.14 bits per heavy atom. The molecule has 22 heavy (non-hydrogen) atoms. The molecule has 0 bridgehead atoms. The summed E-state index contributed by atoms with van der Waals surface area (Å²) in [5.41, 5.74) is 2.14. The average Bonchev–Trinajstić information content (AvgIpc) is 2.67. The lowest BCUT2D eigenvalue weighted by atomic mass is 10.1. The maximum absolute atomic E-state index is 12.4. The molecule has 1 aromatic carbocycles. The van der Waals surface area contributed by atoms with E-state index in [-0.39, 0.29) is 5.91 Å². The van der Waals surface area contributed by atoms with Crippen LogP contribution in [0.1, 0.15) is 20.3 Å². The maximum Gasteiger partial charge on any atom is 0.247 e. The quantitative estimate of drug-likeness (QED) is 0.794. The van der Waals surface area contributed by atoms with Gasteiger partial charge in [-0.25, -0.2) is 0 Å². The molecule has 1 aromatic heterocycles. The molecular weight excluding hydrogens is 300 g/mol. The highest BCUT2D eigenvalue weighted by atomic mass is 32.2. The number of rotatable bonds is 2. The third kappa shape index (κ3) is 2.41. The smallest absolute Gasteiger partial charge is 0.247 e. The van der Waals surface area contributed by atoms with Crippen LogP contribution in [-0.4, -0.2) is 33.6 Å². The molecule has 2 aromatic rings. The molecule has 1 unspecified atom stereocenters. The Labute approximate surface area is 132 Å². The SMILES string of the molecule is CCC(=O)N1c2ccccc2-c2nnc(SC)nc2OC1C. The van der Waals surface area contributed by atoms with Crippen molar-refractivity contribution < 1.29 is 9.53 Å². The number of ether oxygens (including phenoxy) is 1. The molecule has 1 atom stereocenters. The number of benzene rings is 1. The van der Waals surface area contributed by atoms with Crippen molar-refractivity contribution in [3.63, 3.8) is 0 Å². The predicted molar refractivity (Wildman–Crippen MR) is 84.9 cm³/mol. The fraction of sp³-hybridized carbons (Fsp3) is 0.333. The van der Waals surface area contributed by atoms with Crippen LogP contribution >= 0.6 is 11.8 Å². The highest BCUT2D eigenvalue weighted by molar-refractivity contribution is 7.98. The summed E-state index contributed by atoms with van der Waals surface area (Å²) >= 11 is 1.40. The summed E-state index contributed by atoms with van der Waals surface area (Å²) in [5.74, 6) is 0.400. The van der Waals surface area contributed by atoms with Crippen molar-refractivity contribution in [2.45, 2.75) is 31.7 Å². The molecule has 0 saturated carbocycles. The van der Waals surface area contributed by atoms with Gasteiger partial charge in [-0.2, -0.15) is 4.98 Å². The van der Waals surface area contributed by atoms with Gasteiger partial charge in [-0.3, -0.25) is 9.69 Å². The minimum absolute atomic E-state index is 0.00851. The van der Waals surface area contributed by atoms with Crippen LogP contribution in [0.25, 0.3) is 11.3 Å². The van der Waals surface area contributed by atoms with Crippen molar-refractivity contribution >= 4 is 23.4 Å². The van der Waals surface area contributed by atoms with E-state index in [0.29, 0.717) is 23.2 Å². The molecule has 0 aliphatic carbocycles. The van der Waals surface area contributed by atoms with E-state index in [1.54, 1.807) is 4.90 Å². The zero-order valence-electron chi connectivity index (χ0n) is 12.6. The first-order chi connectivity index (χ1) is 10.7. The number of nitrogens with zero attached hydrogens (tertiary/aromatic N) is 4. The van der Waals surface area contributed by atoms with Gasteiger partial charge in [-0.05, 0) is 19.2 Å². The number of hydrogen-bond donors (Lipinski definition) is 0. The molecule has 1 aliphatic heterocycles. The number of fused-ring (bicyclic) bond motifs is 3. The zero-order valence-corrected chi connectivity index (χ0v) is 13.4. The van der Waals surface area contributed by atoms with Crippen LogP contribution in [0, 0.1) is 0 Å². The van der Waals surface area contributed by atoms with Crippen molar-refractivity contribution in [3.05, 3.63) is 24.3 Å². The van der Waals surface area contributed by atoms with Gasteiger partial charge in [0.1, 0.15) is 0 Å². The third-order valence-electron chi connectivity index (χ3n) is 3.45. The summed E-state index contributed by atoms with van der Waals surface area (Å²) in [7, 11) is 0. The molecule has 6 nitrogen and oxygen atoms in total. The highest BCUT2D eigenvalue weighted by Crippen LogP contribution is 2.39. The van der Waals surface area contributed by atoms with Crippen LogP contribution in [0.4, 0.5) is 5.69 Å². The van der Waals surface area contributed by atoms with Gasteiger partial charge in [0.05, 0.1) is 5.69 Å². The van der Waals surface area contributed by atoms with Crippen molar-refractivity contribution in [2.75, 3.05) is 11.2 Å². The lowest BCUT2D eigenvalue weighted by Gasteiger charge is -2.27. The van der Waals surface area contributed by atoms with E-state index in [2.05, 4.69) is 15.2 Å². The summed E-state index contributed by atoms with van der Waals surface area (Å²) in [4.78, 5) is 18.4. The van der Waals surface area contributed by atoms with E-state index < -0.39 is 6.23 Å². The number of carbonyl (C=O) groups is 1. The summed E-state index contributed by atoms with van der Waals surface area (Å²) in [6.07, 6.45) is 1.82. The van der Waals surface area contributed by atoms with Gasteiger partial charge in [-0.1, -0.05) is 36.9 Å². The Balaban J connectivity index is 2.21. The second-order valence-electron chi connectivity index (χ2n) is 4.80. The van der Waals surface area contributed by atoms with Crippen LogP contribution in [-0.2, 0) is 4.79 Å². The molecule has 0 saturated heterocycles. The number of thioether (sulfide) groups is 1. The second-order valence-corrected chi connectivity index (χ2v) is 5.58. The van der Waals surface area contributed by atoms with Gasteiger partial charge in [0, 0.05) is 12.0 Å². The van der Waals surface area contributed by atoms with Gasteiger partial charge < -0.3 is 4.74 Å². The van der Waals surface area contributed by atoms with Gasteiger partial charge in [0.2, 0.25) is 16.9 Å². The van der Waals surface area contributed by atoms with E-state index in [1.165, 1.54) is 11.8 Å². The number of anilines is 1. The third-order valence-corrected chi connectivity index (χ3v) is 3.99. The summed E-state index contributed by atoms with van der Waals surface area (Å²) < 4.78 is 5.90. The topological polar surface area (TPSA) is 68.2 Å². The normalized spacial score (nSPS) is 16.3. The van der Waals surface area contributed by atoms with Gasteiger partial charge in [-0.15, -0.1) is 10.2 Å². The molecule has 1 amide bonds. The predicted octanol–water partition coefficient (Wildman–Crippen LogP) is 2.74. The molecule has 0 spiro atoms. The van der Waals surface area contributed by atoms with Crippen LogP contribution in [0.2, 0.25) is 0 Å². The molecule has 0 N–H and O–H groups in total. The lowest BCUT2D eigenvalue weighted by Crippen LogP contribution is -2.41. The minimum atomic E-state index is -0.457. The monoisotopic (exact) mass is 316 g/mol. The molecule has 1 aliphatic rings. The molecular formula is C15H16N4O2S. The number of amides is 1. The number of para-hydroxylation sites is 1. The van der Waals surface area contributed by atoms with Gasteiger partial charge in [0.25, 0.3) is 0 Å². The molecule has 114 valence electrons. The molecule has 7 heteroatoms. The first kappa shape index (κ1) is 14.8. The number of hydrogen-bond acceptors (Lipinski definition) is 6. The Kier molecular flexibility index (Phi) is 3.98. The first-order valence-electron chi connectivity index (χ1n) is 7.02. The Morgan fingerprint density at radius 1 is 1.36 bits per heavy atom. The Morgan fingerprint density at radius 3 is 2.86 bits per heavy atom. The summed E-state index contributed by atoms with van der Waals surface area (Å²) in [5, 5.41) is 8.87. The molecule has 3 rings (SSSR count). The number of carbonyl (C=O) groups excluding carboxylic acids is 1. The van der Waals surface area contributed by atoms with Crippen LogP contribution in [0.15, 0.2) is 29.4 Å². The van der Waals surface area contributed by atoms with Crippen molar-refractivity contribution in [1.82, 2.24) is 15.2 Å². The largest absolute Gasteiger partial charge is 0.452 e. The van der Waals surface area contributed by atoms with Crippen molar-refractivity contribution in [2.24, 2.45) is 0 Å². The minimum Gasteiger partial charge on any atom is -0.452 e. The van der Waals surface area contributed by atoms with E-state index in [4.69, 9.17) is 4.74 Å². The average molecular weight is 316 g/mol. The van der Waals surface area contributed by atoms with E-state index >= 15 is 0 Å². The Bertz CT molecular complexity index is 722. The van der Waals surface area contributed by atoms with Crippen molar-refractivity contribution in [3.8, 4) is 17.1 Å². The van der Waals surface area contributed by atoms with E-state index in [1.807, 2.05) is 44.4 Å². The lowest BCUT2D eigenvalue weighted by molar-refractivity contribution is -0.119. The van der Waals surface area contributed by atoms with Gasteiger partial charge >= 0.3 is 0 Å². The molecule has 2 heterocycles. The fourth-order valence-electron chi connectivity index (χ4n) is 2.44.